The molecule has 6 heteroatoms. The molecule has 0 radical (unpaired) electrons. The molecule has 2 aromatic carbocycles. The van der Waals surface area contributed by atoms with Gasteiger partial charge >= 0.3 is 0 Å². The van der Waals surface area contributed by atoms with Crippen LogP contribution in [-0.4, -0.2) is 28.7 Å². The summed E-state index contributed by atoms with van der Waals surface area (Å²) < 4.78 is 2.08. The molecule has 2 heterocycles. The Hall–Kier alpha value is -2.99. The van der Waals surface area contributed by atoms with Gasteiger partial charge in [0.25, 0.3) is 0 Å². The Balaban J connectivity index is 1.41. The molecule has 1 aliphatic carbocycles. The average Bonchev–Trinajstić information content (AvgIpc) is 3.23. The number of nitrogens with zero attached hydrogens (tertiary/aromatic N) is 2. The van der Waals surface area contributed by atoms with Crippen molar-refractivity contribution in [3.05, 3.63) is 78.0 Å². The molecular formula is C24H23N3O2S. The number of nitrogens with one attached hydrogen (secondary N) is 1. The first-order chi connectivity index (χ1) is 14.7. The van der Waals surface area contributed by atoms with Crippen LogP contribution in [0.5, 0.6) is 0 Å². The summed E-state index contributed by atoms with van der Waals surface area (Å²) in [5.74, 6) is 0.120. The third-order valence-electron chi connectivity index (χ3n) is 5.79. The normalized spacial score (nSPS) is 17.9. The second-order valence-corrected chi connectivity index (χ2v) is 8.68. The van der Waals surface area contributed by atoms with E-state index in [0.29, 0.717) is 5.75 Å². The molecule has 1 unspecified atom stereocenters. The number of carbonyl (C=O) groups excluding carboxylic acids is 2. The molecule has 0 saturated heterocycles. The predicted octanol–water partition coefficient (Wildman–Crippen LogP) is 4.11. The van der Waals surface area contributed by atoms with Gasteiger partial charge in [-0.15, -0.1) is 0 Å². The van der Waals surface area contributed by atoms with Crippen LogP contribution in [0.3, 0.4) is 0 Å². The van der Waals surface area contributed by atoms with Crippen LogP contribution < -0.4 is 10.2 Å². The summed E-state index contributed by atoms with van der Waals surface area (Å²) in [4.78, 5) is 27.6. The van der Waals surface area contributed by atoms with Crippen LogP contribution in [0, 0.1) is 0 Å². The zero-order valence-corrected chi connectivity index (χ0v) is 17.4. The van der Waals surface area contributed by atoms with Gasteiger partial charge in [-0.05, 0) is 54.7 Å². The number of para-hydroxylation sites is 2. The minimum atomic E-state index is -0.127. The smallest absolute Gasteiger partial charge is 0.240 e. The minimum absolute atomic E-state index is 0.00739. The lowest BCUT2D eigenvalue weighted by molar-refractivity contribution is -0.123. The number of hydrogen-bond acceptors (Lipinski definition) is 3. The fourth-order valence-electron chi connectivity index (χ4n) is 4.39. The summed E-state index contributed by atoms with van der Waals surface area (Å²) in [5.41, 5.74) is 4.18. The maximum Gasteiger partial charge on any atom is 0.240 e. The van der Waals surface area contributed by atoms with Crippen LogP contribution in [0.1, 0.15) is 30.0 Å². The van der Waals surface area contributed by atoms with Gasteiger partial charge < -0.3 is 14.8 Å². The number of benzene rings is 2. The number of rotatable bonds is 3. The molecule has 0 fully saturated rings. The lowest BCUT2D eigenvalue weighted by Crippen LogP contribution is -2.44. The van der Waals surface area contributed by atoms with E-state index >= 15 is 0 Å². The number of fused-ring (bicyclic) bond motifs is 4. The van der Waals surface area contributed by atoms with Crippen molar-refractivity contribution in [2.24, 2.45) is 0 Å². The van der Waals surface area contributed by atoms with Gasteiger partial charge in [-0.2, -0.15) is 0 Å². The van der Waals surface area contributed by atoms with E-state index in [9.17, 15) is 9.59 Å². The maximum absolute atomic E-state index is 13.0. The fourth-order valence-corrected chi connectivity index (χ4v) is 5.29. The monoisotopic (exact) mass is 417 g/mol. The number of aryl methyl sites for hydroxylation is 1. The van der Waals surface area contributed by atoms with Crippen molar-refractivity contribution >= 4 is 29.3 Å². The van der Waals surface area contributed by atoms with Crippen molar-refractivity contribution in [2.45, 2.75) is 30.3 Å². The maximum atomic E-state index is 13.0. The average molecular weight is 418 g/mol. The first-order valence-electron chi connectivity index (χ1n) is 10.3. The fraction of sp³-hybridized carbons (Fsp3) is 0.250. The molecule has 5 rings (SSSR count). The minimum Gasteiger partial charge on any atom is -0.348 e. The van der Waals surface area contributed by atoms with Gasteiger partial charge in [0.1, 0.15) is 6.54 Å². The Kier molecular flexibility index (Phi) is 5.09. The molecule has 2 amide bonds. The molecule has 1 aliphatic heterocycles. The highest BCUT2D eigenvalue weighted by Crippen LogP contribution is 2.33. The number of hydrogen-bond donors (Lipinski definition) is 1. The standard InChI is InChI=1S/C24H23N3O2S/c28-22(25-19-10-5-8-17-7-1-2-9-18(17)19)15-27-21-12-4-3-11-20(21)26-14-6-13-24(26)30-16-23(27)29/h1-4,6-7,9,11-14,19H,5,8,10,15-16H2,(H,25,28). The van der Waals surface area contributed by atoms with Crippen molar-refractivity contribution in [2.75, 3.05) is 17.2 Å². The molecule has 1 aromatic heterocycles. The van der Waals surface area contributed by atoms with Gasteiger partial charge in [-0.1, -0.05) is 48.2 Å². The van der Waals surface area contributed by atoms with Gasteiger partial charge in [0, 0.05) is 6.20 Å². The highest BCUT2D eigenvalue weighted by Gasteiger charge is 2.27. The van der Waals surface area contributed by atoms with E-state index in [-0.39, 0.29) is 24.4 Å². The van der Waals surface area contributed by atoms with E-state index in [1.54, 1.807) is 4.90 Å². The summed E-state index contributed by atoms with van der Waals surface area (Å²) in [5, 5.41) is 4.20. The van der Waals surface area contributed by atoms with E-state index in [1.807, 2.05) is 54.7 Å². The molecule has 5 nitrogen and oxygen atoms in total. The molecule has 30 heavy (non-hydrogen) atoms. The van der Waals surface area contributed by atoms with Crippen molar-refractivity contribution in [3.63, 3.8) is 0 Å². The first-order valence-corrected chi connectivity index (χ1v) is 11.3. The second kappa shape index (κ2) is 8.03. The lowest BCUT2D eigenvalue weighted by atomic mass is 9.88. The van der Waals surface area contributed by atoms with Gasteiger partial charge in [-0.25, -0.2) is 0 Å². The largest absolute Gasteiger partial charge is 0.348 e. The highest BCUT2D eigenvalue weighted by molar-refractivity contribution is 7.99. The number of amides is 2. The zero-order valence-electron chi connectivity index (χ0n) is 16.6. The van der Waals surface area contributed by atoms with Gasteiger partial charge in [0.2, 0.25) is 11.8 Å². The number of thioether (sulfide) groups is 1. The molecule has 1 atom stereocenters. The van der Waals surface area contributed by atoms with E-state index in [2.05, 4.69) is 22.0 Å². The van der Waals surface area contributed by atoms with Crippen LogP contribution in [0.25, 0.3) is 5.69 Å². The van der Waals surface area contributed by atoms with Gasteiger partial charge in [0.05, 0.1) is 28.2 Å². The highest BCUT2D eigenvalue weighted by atomic mass is 32.2. The quantitative estimate of drug-likeness (QED) is 0.698. The van der Waals surface area contributed by atoms with Crippen LogP contribution in [0.15, 0.2) is 71.9 Å². The summed E-state index contributed by atoms with van der Waals surface area (Å²) in [6.45, 7) is 0.0195. The van der Waals surface area contributed by atoms with Crippen LogP contribution in [-0.2, 0) is 16.0 Å². The van der Waals surface area contributed by atoms with Crippen molar-refractivity contribution < 1.29 is 9.59 Å². The number of anilines is 1. The van der Waals surface area contributed by atoms with Crippen molar-refractivity contribution in [1.82, 2.24) is 9.88 Å². The Morgan fingerprint density at radius 3 is 2.73 bits per heavy atom. The molecule has 0 saturated carbocycles. The predicted molar refractivity (Wildman–Crippen MR) is 119 cm³/mol. The third-order valence-corrected chi connectivity index (χ3v) is 6.81. The second-order valence-electron chi connectivity index (χ2n) is 7.68. The molecule has 2 aliphatic rings. The summed E-state index contributed by atoms with van der Waals surface area (Å²) >= 11 is 1.50. The first kappa shape index (κ1) is 19.0. The third kappa shape index (κ3) is 3.52. The Labute approximate surface area is 180 Å². The summed E-state index contributed by atoms with van der Waals surface area (Å²) in [7, 11) is 0. The zero-order chi connectivity index (χ0) is 20.5. The van der Waals surface area contributed by atoms with Gasteiger partial charge in [0.15, 0.2) is 0 Å². The summed E-state index contributed by atoms with van der Waals surface area (Å²) in [6, 6.07) is 20.1. The SMILES string of the molecule is O=C(CN1C(=O)CSc2cccn2-c2ccccc21)NC1CCCc2ccccc21. The number of aromatic nitrogens is 1. The van der Waals surface area contributed by atoms with Crippen molar-refractivity contribution in [1.29, 1.82) is 0 Å². The lowest BCUT2D eigenvalue weighted by Gasteiger charge is -2.30. The van der Waals surface area contributed by atoms with E-state index < -0.39 is 0 Å². The molecule has 3 aromatic rings. The Bertz CT molecular complexity index is 1110. The van der Waals surface area contributed by atoms with E-state index in [1.165, 1.54) is 22.9 Å². The van der Waals surface area contributed by atoms with Crippen LogP contribution in [0.2, 0.25) is 0 Å². The molecular weight excluding hydrogens is 394 g/mol. The van der Waals surface area contributed by atoms with Gasteiger partial charge in [-0.3, -0.25) is 9.59 Å². The molecule has 0 spiro atoms. The number of carbonyl (C=O) groups is 2. The van der Waals surface area contributed by atoms with Crippen LogP contribution >= 0.6 is 11.8 Å². The Morgan fingerprint density at radius 2 is 1.83 bits per heavy atom. The van der Waals surface area contributed by atoms with Crippen LogP contribution in [0.4, 0.5) is 5.69 Å². The molecule has 1 N–H and O–H groups in total. The van der Waals surface area contributed by atoms with Crippen molar-refractivity contribution in [3.8, 4) is 5.69 Å². The van der Waals surface area contributed by atoms with E-state index in [4.69, 9.17) is 0 Å². The molecule has 0 bridgehead atoms. The van der Waals surface area contributed by atoms with E-state index in [0.717, 1.165) is 35.7 Å². The summed E-state index contributed by atoms with van der Waals surface area (Å²) in [6.07, 6.45) is 5.03. The molecule has 152 valence electrons. The topological polar surface area (TPSA) is 54.3 Å². The Morgan fingerprint density at radius 1 is 1.03 bits per heavy atom.